The van der Waals surface area contributed by atoms with Crippen molar-refractivity contribution in [2.75, 3.05) is 6.26 Å². The molecule has 0 aliphatic heterocycles. The Morgan fingerprint density at radius 2 is 2.07 bits per heavy atom. The molecule has 1 aliphatic rings. The van der Waals surface area contributed by atoms with Gasteiger partial charge < -0.3 is 5.11 Å². The van der Waals surface area contributed by atoms with Gasteiger partial charge in [0.2, 0.25) is 0 Å². The van der Waals surface area contributed by atoms with E-state index in [0.29, 0.717) is 21.5 Å². The maximum absolute atomic E-state index is 10.1. The van der Waals surface area contributed by atoms with Crippen molar-refractivity contribution in [3.63, 3.8) is 0 Å². The second-order valence-corrected chi connectivity index (χ2v) is 5.39. The van der Waals surface area contributed by atoms with Crippen LogP contribution in [0.15, 0.2) is 17.0 Å². The van der Waals surface area contributed by atoms with Crippen LogP contribution in [0.1, 0.15) is 24.5 Å². The number of hydrogen-bond donors (Lipinski definition) is 1. The lowest BCUT2D eigenvalue weighted by molar-refractivity contribution is 0.154. The van der Waals surface area contributed by atoms with Gasteiger partial charge in [0.25, 0.3) is 0 Å². The van der Waals surface area contributed by atoms with Crippen LogP contribution in [0.3, 0.4) is 0 Å². The van der Waals surface area contributed by atoms with E-state index in [1.807, 2.05) is 12.3 Å². The number of thioether (sulfide) groups is 1. The molecule has 0 bridgehead atoms. The quantitative estimate of drug-likeness (QED) is 0.826. The van der Waals surface area contributed by atoms with Gasteiger partial charge in [-0.15, -0.1) is 11.8 Å². The van der Waals surface area contributed by atoms with Crippen LogP contribution in [0, 0.1) is 5.92 Å². The molecule has 1 atom stereocenters. The molecule has 0 aromatic heterocycles. The largest absolute Gasteiger partial charge is 0.388 e. The van der Waals surface area contributed by atoms with E-state index in [-0.39, 0.29) is 0 Å². The summed E-state index contributed by atoms with van der Waals surface area (Å²) in [6.07, 6.45) is 3.59. The summed E-state index contributed by atoms with van der Waals surface area (Å²) in [4.78, 5) is 0.968. The Morgan fingerprint density at radius 1 is 1.40 bits per heavy atom. The highest BCUT2D eigenvalue weighted by molar-refractivity contribution is 7.98. The smallest absolute Gasteiger partial charge is 0.0847 e. The fourth-order valence-corrected chi connectivity index (χ4v) is 2.94. The third kappa shape index (κ3) is 2.28. The van der Waals surface area contributed by atoms with Gasteiger partial charge in [-0.1, -0.05) is 23.2 Å². The van der Waals surface area contributed by atoms with Crippen molar-refractivity contribution in [3.05, 3.63) is 27.7 Å². The SMILES string of the molecule is CSc1ccc(Cl)c(C(O)C2CC2)c1Cl. The Balaban J connectivity index is 2.42. The summed E-state index contributed by atoms with van der Waals surface area (Å²) < 4.78 is 0. The molecule has 4 heteroatoms. The minimum atomic E-state index is -0.503. The van der Waals surface area contributed by atoms with Gasteiger partial charge in [-0.2, -0.15) is 0 Å². The van der Waals surface area contributed by atoms with Crippen LogP contribution in [-0.2, 0) is 0 Å². The average molecular weight is 263 g/mol. The van der Waals surface area contributed by atoms with Gasteiger partial charge in [-0.05, 0) is 37.1 Å². The Morgan fingerprint density at radius 3 is 2.60 bits per heavy atom. The molecule has 0 amide bonds. The molecule has 82 valence electrons. The van der Waals surface area contributed by atoms with Crippen molar-refractivity contribution >= 4 is 35.0 Å². The first-order chi connectivity index (χ1) is 7.15. The van der Waals surface area contributed by atoms with Gasteiger partial charge in [-0.25, -0.2) is 0 Å². The third-order valence-electron chi connectivity index (χ3n) is 2.68. The molecule has 1 nitrogen and oxygen atoms in total. The summed E-state index contributed by atoms with van der Waals surface area (Å²) >= 11 is 13.9. The van der Waals surface area contributed by atoms with Gasteiger partial charge >= 0.3 is 0 Å². The summed E-state index contributed by atoms with van der Waals surface area (Å²) in [6.45, 7) is 0. The van der Waals surface area contributed by atoms with Gasteiger partial charge in [0.15, 0.2) is 0 Å². The van der Waals surface area contributed by atoms with Crippen molar-refractivity contribution in [2.45, 2.75) is 23.8 Å². The summed E-state index contributed by atoms with van der Waals surface area (Å²) in [5.74, 6) is 0.345. The Hall–Kier alpha value is 0.110. The predicted octanol–water partition coefficient (Wildman–Crippen LogP) is 4.16. The van der Waals surface area contributed by atoms with Crippen LogP contribution in [0.5, 0.6) is 0 Å². The van der Waals surface area contributed by atoms with E-state index in [9.17, 15) is 5.11 Å². The van der Waals surface area contributed by atoms with Crippen LogP contribution in [0.4, 0.5) is 0 Å². The van der Waals surface area contributed by atoms with E-state index in [2.05, 4.69) is 0 Å². The molecular weight excluding hydrogens is 251 g/mol. The lowest BCUT2D eigenvalue weighted by Crippen LogP contribution is -2.02. The standard InChI is InChI=1S/C11H12Cl2OS/c1-15-8-5-4-7(12)9(10(8)13)11(14)6-2-3-6/h4-6,11,14H,2-3H2,1H3. The van der Waals surface area contributed by atoms with Gasteiger partial charge in [0.1, 0.15) is 0 Å². The van der Waals surface area contributed by atoms with Crippen molar-refractivity contribution in [3.8, 4) is 0 Å². The maximum Gasteiger partial charge on any atom is 0.0847 e. The lowest BCUT2D eigenvalue weighted by atomic mass is 10.1. The Bertz CT molecular complexity index is 377. The van der Waals surface area contributed by atoms with E-state index in [0.717, 1.165) is 17.7 Å². The highest BCUT2D eigenvalue weighted by atomic mass is 35.5. The lowest BCUT2D eigenvalue weighted by Gasteiger charge is -2.15. The first kappa shape index (κ1) is 11.6. The zero-order chi connectivity index (χ0) is 11.0. The molecule has 1 aromatic carbocycles. The molecule has 1 saturated carbocycles. The molecule has 1 unspecified atom stereocenters. The second-order valence-electron chi connectivity index (χ2n) is 3.76. The number of aliphatic hydroxyl groups excluding tert-OH is 1. The monoisotopic (exact) mass is 262 g/mol. The molecule has 15 heavy (non-hydrogen) atoms. The number of benzene rings is 1. The average Bonchev–Trinajstić information content (AvgIpc) is 3.01. The zero-order valence-corrected chi connectivity index (χ0v) is 10.7. The molecule has 0 spiro atoms. The molecule has 1 N–H and O–H groups in total. The zero-order valence-electron chi connectivity index (χ0n) is 8.34. The van der Waals surface area contributed by atoms with E-state index < -0.39 is 6.10 Å². The van der Waals surface area contributed by atoms with Crippen LogP contribution < -0.4 is 0 Å². The highest BCUT2D eigenvalue weighted by Gasteiger charge is 2.33. The van der Waals surface area contributed by atoms with Crippen molar-refractivity contribution in [1.29, 1.82) is 0 Å². The summed E-state index contributed by atoms with van der Waals surface area (Å²) in [5.41, 5.74) is 0.702. The van der Waals surface area contributed by atoms with Gasteiger partial charge in [-0.3, -0.25) is 0 Å². The topological polar surface area (TPSA) is 20.2 Å². The first-order valence-corrected chi connectivity index (χ1v) is 6.83. The summed E-state index contributed by atoms with van der Waals surface area (Å²) in [6, 6.07) is 3.69. The molecule has 1 aliphatic carbocycles. The molecular formula is C11H12Cl2OS. The van der Waals surface area contributed by atoms with Crippen molar-refractivity contribution in [1.82, 2.24) is 0 Å². The number of aliphatic hydroxyl groups is 1. The number of hydrogen-bond acceptors (Lipinski definition) is 2. The fourth-order valence-electron chi connectivity index (χ4n) is 1.63. The first-order valence-electron chi connectivity index (χ1n) is 4.85. The minimum Gasteiger partial charge on any atom is -0.388 e. The molecule has 0 saturated heterocycles. The molecule has 2 rings (SSSR count). The van der Waals surface area contributed by atoms with Crippen molar-refractivity contribution < 1.29 is 5.11 Å². The van der Waals surface area contributed by atoms with E-state index in [1.54, 1.807) is 17.8 Å². The number of halogens is 2. The number of rotatable bonds is 3. The normalized spacial score (nSPS) is 17.9. The van der Waals surface area contributed by atoms with Crippen LogP contribution in [0.25, 0.3) is 0 Å². The van der Waals surface area contributed by atoms with Crippen LogP contribution >= 0.6 is 35.0 Å². The third-order valence-corrected chi connectivity index (χ3v) is 4.30. The molecule has 1 aromatic rings. The van der Waals surface area contributed by atoms with Crippen LogP contribution in [0.2, 0.25) is 10.0 Å². The van der Waals surface area contributed by atoms with E-state index in [4.69, 9.17) is 23.2 Å². The van der Waals surface area contributed by atoms with E-state index in [1.165, 1.54) is 0 Å². The maximum atomic E-state index is 10.1. The Labute approximate surface area is 104 Å². The molecule has 0 radical (unpaired) electrons. The summed E-state index contributed by atoms with van der Waals surface area (Å²) in [7, 11) is 0. The molecule has 0 heterocycles. The van der Waals surface area contributed by atoms with Crippen molar-refractivity contribution in [2.24, 2.45) is 5.92 Å². The minimum absolute atomic E-state index is 0.345. The van der Waals surface area contributed by atoms with Gasteiger partial charge in [0, 0.05) is 15.5 Å². The summed E-state index contributed by atoms with van der Waals surface area (Å²) in [5, 5.41) is 11.2. The second kappa shape index (κ2) is 4.54. The van der Waals surface area contributed by atoms with Gasteiger partial charge in [0.05, 0.1) is 11.1 Å². The van der Waals surface area contributed by atoms with E-state index >= 15 is 0 Å². The predicted molar refractivity (Wildman–Crippen MR) is 65.9 cm³/mol. The molecule has 1 fully saturated rings. The Kier molecular flexibility index (Phi) is 3.51. The fraction of sp³-hybridized carbons (Fsp3) is 0.455. The highest BCUT2D eigenvalue weighted by Crippen LogP contribution is 2.46. The van der Waals surface area contributed by atoms with Crippen LogP contribution in [-0.4, -0.2) is 11.4 Å².